The van der Waals surface area contributed by atoms with Gasteiger partial charge >= 0.3 is 0 Å². The molecule has 0 radical (unpaired) electrons. The number of furan rings is 1. The minimum atomic E-state index is 0.788. The van der Waals surface area contributed by atoms with Crippen molar-refractivity contribution in [1.29, 1.82) is 0 Å². The lowest BCUT2D eigenvalue weighted by Crippen LogP contribution is -2.15. The molecule has 0 aliphatic rings. The number of rotatable bonds is 7. The van der Waals surface area contributed by atoms with Gasteiger partial charge in [-0.2, -0.15) is 5.10 Å². The lowest BCUT2D eigenvalue weighted by Gasteiger charge is -2.01. The highest BCUT2D eigenvalue weighted by atomic mass is 16.3. The van der Waals surface area contributed by atoms with Gasteiger partial charge in [-0.15, -0.1) is 0 Å². The predicted molar refractivity (Wildman–Crippen MR) is 64.5 cm³/mol. The third-order valence-corrected chi connectivity index (χ3v) is 2.60. The summed E-state index contributed by atoms with van der Waals surface area (Å²) < 4.78 is 5.59. The normalized spacial score (nSPS) is 10.9. The van der Waals surface area contributed by atoms with Gasteiger partial charge in [0.05, 0.1) is 6.54 Å². The van der Waals surface area contributed by atoms with Gasteiger partial charge in [0.2, 0.25) is 0 Å². The van der Waals surface area contributed by atoms with E-state index < -0.39 is 0 Å². The molecule has 0 bridgehead atoms. The number of aromatic nitrogens is 3. The zero-order valence-corrected chi connectivity index (χ0v) is 10.1. The van der Waals surface area contributed by atoms with Crippen molar-refractivity contribution >= 4 is 0 Å². The molecule has 0 aliphatic carbocycles. The van der Waals surface area contributed by atoms with Crippen LogP contribution in [-0.4, -0.2) is 21.7 Å². The Morgan fingerprint density at radius 3 is 2.94 bits per heavy atom. The van der Waals surface area contributed by atoms with E-state index in [2.05, 4.69) is 27.4 Å². The van der Waals surface area contributed by atoms with Crippen LogP contribution in [0.15, 0.2) is 22.9 Å². The topological polar surface area (TPSA) is 66.7 Å². The third kappa shape index (κ3) is 3.71. The van der Waals surface area contributed by atoms with E-state index in [0.29, 0.717) is 0 Å². The predicted octanol–water partition coefficient (Wildman–Crippen LogP) is 1.68. The summed E-state index contributed by atoms with van der Waals surface area (Å²) in [5.41, 5.74) is 0. The van der Waals surface area contributed by atoms with E-state index in [1.54, 1.807) is 0 Å². The summed E-state index contributed by atoms with van der Waals surface area (Å²) in [6, 6.07) is 4.06. The maximum Gasteiger partial charge on any atom is 0.137 e. The summed E-state index contributed by atoms with van der Waals surface area (Å²) in [4.78, 5) is 4.07. The lowest BCUT2D eigenvalue weighted by molar-refractivity contribution is 0.449. The average molecular weight is 234 g/mol. The average Bonchev–Trinajstić information content (AvgIpc) is 2.99. The van der Waals surface area contributed by atoms with Crippen molar-refractivity contribution in [1.82, 2.24) is 20.5 Å². The molecule has 0 unspecified atom stereocenters. The first-order valence-electron chi connectivity index (χ1n) is 6.01. The zero-order chi connectivity index (χ0) is 11.9. The van der Waals surface area contributed by atoms with Gasteiger partial charge in [-0.1, -0.05) is 6.92 Å². The van der Waals surface area contributed by atoms with Crippen molar-refractivity contribution in [2.24, 2.45) is 0 Å². The summed E-state index contributed by atoms with van der Waals surface area (Å²) in [5, 5.41) is 10.0. The highest BCUT2D eigenvalue weighted by Crippen LogP contribution is 2.07. The van der Waals surface area contributed by atoms with E-state index in [4.69, 9.17) is 4.42 Å². The first-order valence-corrected chi connectivity index (χ1v) is 6.01. The summed E-state index contributed by atoms with van der Waals surface area (Å²) in [6.07, 6.45) is 4.45. The smallest absolute Gasteiger partial charge is 0.137 e. The molecule has 5 heteroatoms. The molecule has 0 atom stereocenters. The highest BCUT2D eigenvalue weighted by molar-refractivity contribution is 5.06. The van der Waals surface area contributed by atoms with Gasteiger partial charge < -0.3 is 9.73 Å². The van der Waals surface area contributed by atoms with E-state index in [1.807, 2.05) is 12.1 Å². The van der Waals surface area contributed by atoms with Crippen LogP contribution in [0.2, 0.25) is 0 Å². The summed E-state index contributed by atoms with van der Waals surface area (Å²) in [6.45, 7) is 3.83. The molecule has 2 rings (SSSR count). The second kappa shape index (κ2) is 6.20. The van der Waals surface area contributed by atoms with E-state index >= 15 is 0 Å². The van der Waals surface area contributed by atoms with Gasteiger partial charge in [0.15, 0.2) is 0 Å². The fraction of sp³-hybridized carbons (Fsp3) is 0.500. The summed E-state index contributed by atoms with van der Waals surface area (Å²) in [7, 11) is 0. The highest BCUT2D eigenvalue weighted by Gasteiger charge is 2.00. The van der Waals surface area contributed by atoms with Crippen molar-refractivity contribution in [3.8, 4) is 0 Å². The molecule has 0 fully saturated rings. The van der Waals surface area contributed by atoms with Gasteiger partial charge in [-0.3, -0.25) is 5.10 Å². The molecule has 2 heterocycles. The summed E-state index contributed by atoms with van der Waals surface area (Å²) in [5.74, 6) is 2.99. The second-order valence-electron chi connectivity index (χ2n) is 3.93. The van der Waals surface area contributed by atoms with Crippen molar-refractivity contribution in [3.05, 3.63) is 35.8 Å². The minimum absolute atomic E-state index is 0.788. The molecule has 0 saturated carbocycles. The van der Waals surface area contributed by atoms with Crippen LogP contribution in [0.5, 0.6) is 0 Å². The minimum Gasteiger partial charge on any atom is -0.465 e. The Labute approximate surface area is 101 Å². The molecule has 0 amide bonds. The van der Waals surface area contributed by atoms with Gasteiger partial charge in [-0.05, 0) is 25.1 Å². The monoisotopic (exact) mass is 234 g/mol. The van der Waals surface area contributed by atoms with Crippen molar-refractivity contribution in [2.75, 3.05) is 6.54 Å². The van der Waals surface area contributed by atoms with Crippen LogP contribution in [0.25, 0.3) is 0 Å². The van der Waals surface area contributed by atoms with E-state index in [0.717, 1.165) is 49.7 Å². The van der Waals surface area contributed by atoms with E-state index in [1.165, 1.54) is 6.33 Å². The number of aromatic amines is 1. The maximum atomic E-state index is 5.59. The molecule has 2 aromatic heterocycles. The molecule has 2 N–H and O–H groups in total. The van der Waals surface area contributed by atoms with Crippen molar-refractivity contribution in [3.63, 3.8) is 0 Å². The Balaban J connectivity index is 1.60. The van der Waals surface area contributed by atoms with Gasteiger partial charge in [0.25, 0.3) is 0 Å². The zero-order valence-electron chi connectivity index (χ0n) is 10.1. The Hall–Kier alpha value is -1.62. The maximum absolute atomic E-state index is 5.59. The fourth-order valence-corrected chi connectivity index (χ4v) is 1.65. The number of H-pyrrole nitrogens is 1. The quantitative estimate of drug-likeness (QED) is 0.715. The van der Waals surface area contributed by atoms with Crippen LogP contribution < -0.4 is 5.32 Å². The van der Waals surface area contributed by atoms with Crippen LogP contribution >= 0.6 is 0 Å². The number of nitrogens with zero attached hydrogens (tertiary/aromatic N) is 2. The first kappa shape index (κ1) is 11.9. The molecule has 0 aliphatic heterocycles. The molecule has 0 aromatic carbocycles. The van der Waals surface area contributed by atoms with Gasteiger partial charge in [-0.25, -0.2) is 4.98 Å². The molecular formula is C12H18N4O. The SMILES string of the molecule is CCc1ccc(CNCCCc2ncn[nH]2)o1. The number of hydrogen-bond acceptors (Lipinski definition) is 4. The molecular weight excluding hydrogens is 216 g/mol. The number of hydrogen-bond donors (Lipinski definition) is 2. The largest absolute Gasteiger partial charge is 0.465 e. The van der Waals surface area contributed by atoms with Crippen LogP contribution in [0.3, 0.4) is 0 Å². The standard InChI is InChI=1S/C12H18N4O/c1-2-10-5-6-11(17-10)8-13-7-3-4-12-14-9-15-16-12/h5-6,9,13H,2-4,7-8H2,1H3,(H,14,15,16). The third-order valence-electron chi connectivity index (χ3n) is 2.60. The number of aryl methyl sites for hydroxylation is 2. The van der Waals surface area contributed by atoms with Crippen molar-refractivity contribution in [2.45, 2.75) is 32.7 Å². The molecule has 92 valence electrons. The second-order valence-corrected chi connectivity index (χ2v) is 3.93. The van der Waals surface area contributed by atoms with E-state index in [9.17, 15) is 0 Å². The Morgan fingerprint density at radius 1 is 1.35 bits per heavy atom. The van der Waals surface area contributed by atoms with E-state index in [-0.39, 0.29) is 0 Å². The molecule has 0 spiro atoms. The Kier molecular flexibility index (Phi) is 4.32. The molecule has 17 heavy (non-hydrogen) atoms. The Bertz CT molecular complexity index is 421. The van der Waals surface area contributed by atoms with Crippen LogP contribution in [0.1, 0.15) is 30.7 Å². The van der Waals surface area contributed by atoms with Crippen LogP contribution in [0.4, 0.5) is 0 Å². The Morgan fingerprint density at radius 2 is 2.24 bits per heavy atom. The molecule has 0 saturated heterocycles. The van der Waals surface area contributed by atoms with Gasteiger partial charge in [0, 0.05) is 12.8 Å². The lowest BCUT2D eigenvalue weighted by atomic mass is 10.3. The fourth-order valence-electron chi connectivity index (χ4n) is 1.65. The molecule has 2 aromatic rings. The molecule has 5 nitrogen and oxygen atoms in total. The summed E-state index contributed by atoms with van der Waals surface area (Å²) >= 11 is 0. The van der Waals surface area contributed by atoms with Crippen molar-refractivity contribution < 1.29 is 4.42 Å². The van der Waals surface area contributed by atoms with Crippen LogP contribution in [-0.2, 0) is 19.4 Å². The first-order chi connectivity index (χ1) is 8.38. The number of nitrogens with one attached hydrogen (secondary N) is 2. The van der Waals surface area contributed by atoms with Crippen LogP contribution in [0, 0.1) is 0 Å². The van der Waals surface area contributed by atoms with Gasteiger partial charge in [0.1, 0.15) is 23.7 Å².